The van der Waals surface area contributed by atoms with Gasteiger partial charge in [-0.2, -0.15) is 0 Å². The molecule has 0 N–H and O–H groups in total. The Balaban J connectivity index is 4.14. The first-order valence-corrected chi connectivity index (χ1v) is 35.5. The fourth-order valence-electron chi connectivity index (χ4n) is 10.7. The Morgan fingerprint density at radius 3 is 0.646 bits per heavy atom. The van der Waals surface area contributed by atoms with Crippen molar-refractivity contribution in [2.45, 2.75) is 399 Å². The molecule has 0 aliphatic carbocycles. The van der Waals surface area contributed by atoms with E-state index in [1.54, 1.807) is 0 Å². The van der Waals surface area contributed by atoms with Crippen LogP contribution >= 0.6 is 0 Å². The zero-order valence-corrected chi connectivity index (χ0v) is 53.4. The van der Waals surface area contributed by atoms with Crippen LogP contribution in [0.1, 0.15) is 393 Å². The number of allylic oxidation sites excluding steroid dienone is 6. The fourth-order valence-corrected chi connectivity index (χ4v) is 10.7. The Bertz CT molecular complexity index is 1320. The molecule has 0 bridgehead atoms. The van der Waals surface area contributed by atoms with Crippen molar-refractivity contribution < 1.29 is 28.6 Å². The molecule has 0 amide bonds. The molecule has 1 atom stereocenters. The monoisotopic (exact) mass is 1110 g/mol. The standard InChI is InChI=1S/C73H136O6/c1-4-7-10-13-16-19-22-25-27-29-30-31-32-33-34-35-36-37-38-39-40-41-42-44-45-48-51-54-57-60-63-66-72(75)78-69-70(68-77-71(74)65-62-59-56-53-50-47-24-21-18-15-12-9-6-3)79-73(76)67-64-61-58-55-52-49-46-43-28-26-23-20-17-14-11-8-5-2/h21,24,26,28-30,70H,4-20,22-23,25,27,31-69H2,1-3H3/b24-21-,28-26-,30-29-. The summed E-state index contributed by atoms with van der Waals surface area (Å²) < 4.78 is 17.0. The van der Waals surface area contributed by atoms with Gasteiger partial charge in [0.15, 0.2) is 6.10 Å². The van der Waals surface area contributed by atoms with Crippen LogP contribution in [0.25, 0.3) is 0 Å². The first-order chi connectivity index (χ1) is 39.0. The predicted octanol–water partition coefficient (Wildman–Crippen LogP) is 24.3. The van der Waals surface area contributed by atoms with Crippen LogP contribution in [-0.4, -0.2) is 37.2 Å². The normalized spacial score (nSPS) is 12.2. The highest BCUT2D eigenvalue weighted by Crippen LogP contribution is 2.18. The van der Waals surface area contributed by atoms with Crippen molar-refractivity contribution in [3.63, 3.8) is 0 Å². The van der Waals surface area contributed by atoms with E-state index >= 15 is 0 Å². The van der Waals surface area contributed by atoms with Crippen molar-refractivity contribution in [1.82, 2.24) is 0 Å². The smallest absolute Gasteiger partial charge is 0.306 e. The average molecular weight is 1110 g/mol. The Morgan fingerprint density at radius 2 is 0.418 bits per heavy atom. The third-order valence-electron chi connectivity index (χ3n) is 16.1. The first kappa shape index (κ1) is 76.6. The van der Waals surface area contributed by atoms with E-state index in [0.29, 0.717) is 19.3 Å². The zero-order chi connectivity index (χ0) is 57.1. The quantitative estimate of drug-likeness (QED) is 0.0261. The second-order valence-corrected chi connectivity index (χ2v) is 24.1. The maximum absolute atomic E-state index is 12.9. The molecule has 0 aliphatic heterocycles. The van der Waals surface area contributed by atoms with Crippen LogP contribution in [0.3, 0.4) is 0 Å². The summed E-state index contributed by atoms with van der Waals surface area (Å²) in [5, 5.41) is 0. The third-order valence-corrected chi connectivity index (χ3v) is 16.1. The molecule has 0 aromatic heterocycles. The highest BCUT2D eigenvalue weighted by molar-refractivity contribution is 5.71. The largest absolute Gasteiger partial charge is 0.462 e. The lowest BCUT2D eigenvalue weighted by molar-refractivity contribution is -0.167. The first-order valence-electron chi connectivity index (χ1n) is 35.5. The molecule has 0 rings (SSSR count). The summed E-state index contributed by atoms with van der Waals surface area (Å²) in [6, 6.07) is 0. The molecule has 79 heavy (non-hydrogen) atoms. The molecule has 0 heterocycles. The van der Waals surface area contributed by atoms with Crippen molar-refractivity contribution in [3.8, 4) is 0 Å². The summed E-state index contributed by atoms with van der Waals surface area (Å²) in [4.78, 5) is 38.4. The highest BCUT2D eigenvalue weighted by Gasteiger charge is 2.19. The minimum atomic E-state index is -0.776. The Morgan fingerprint density at radius 1 is 0.241 bits per heavy atom. The lowest BCUT2D eigenvalue weighted by Crippen LogP contribution is -2.30. The van der Waals surface area contributed by atoms with Crippen molar-refractivity contribution >= 4 is 17.9 Å². The van der Waals surface area contributed by atoms with Crippen LogP contribution in [-0.2, 0) is 28.6 Å². The summed E-state index contributed by atoms with van der Waals surface area (Å²) in [6.07, 6.45) is 84.7. The molecule has 464 valence electrons. The molecule has 0 saturated carbocycles. The van der Waals surface area contributed by atoms with E-state index in [1.165, 1.54) is 289 Å². The number of rotatable bonds is 66. The minimum absolute atomic E-state index is 0.0721. The van der Waals surface area contributed by atoms with Crippen molar-refractivity contribution in [2.75, 3.05) is 13.2 Å². The lowest BCUT2D eigenvalue weighted by Gasteiger charge is -2.18. The van der Waals surface area contributed by atoms with Gasteiger partial charge in [-0.15, -0.1) is 0 Å². The van der Waals surface area contributed by atoms with Crippen LogP contribution in [0.2, 0.25) is 0 Å². The molecule has 1 unspecified atom stereocenters. The van der Waals surface area contributed by atoms with Gasteiger partial charge in [0.1, 0.15) is 13.2 Å². The number of carbonyl (C=O) groups is 3. The van der Waals surface area contributed by atoms with E-state index < -0.39 is 6.10 Å². The van der Waals surface area contributed by atoms with Gasteiger partial charge in [-0.1, -0.05) is 314 Å². The van der Waals surface area contributed by atoms with Crippen molar-refractivity contribution in [3.05, 3.63) is 36.5 Å². The minimum Gasteiger partial charge on any atom is -0.462 e. The van der Waals surface area contributed by atoms with Gasteiger partial charge in [0.2, 0.25) is 0 Å². The molecular weight excluding hydrogens is 973 g/mol. The third kappa shape index (κ3) is 66.3. The number of carbonyl (C=O) groups excluding carboxylic acids is 3. The highest BCUT2D eigenvalue weighted by atomic mass is 16.6. The van der Waals surface area contributed by atoms with Crippen LogP contribution in [0.4, 0.5) is 0 Å². The number of unbranched alkanes of at least 4 members (excludes halogenated alkanes) is 49. The Hall–Kier alpha value is -2.37. The molecule has 6 nitrogen and oxygen atoms in total. The lowest BCUT2D eigenvalue weighted by atomic mass is 10.0. The van der Waals surface area contributed by atoms with Gasteiger partial charge in [-0.05, 0) is 96.3 Å². The van der Waals surface area contributed by atoms with Crippen LogP contribution < -0.4 is 0 Å². The van der Waals surface area contributed by atoms with E-state index in [0.717, 1.165) is 64.2 Å². The molecule has 0 spiro atoms. The molecule has 0 aromatic carbocycles. The second-order valence-electron chi connectivity index (χ2n) is 24.1. The van der Waals surface area contributed by atoms with Crippen LogP contribution in [0, 0.1) is 0 Å². The van der Waals surface area contributed by atoms with E-state index in [-0.39, 0.29) is 31.1 Å². The van der Waals surface area contributed by atoms with Crippen molar-refractivity contribution in [2.24, 2.45) is 0 Å². The maximum Gasteiger partial charge on any atom is 0.306 e. The van der Waals surface area contributed by atoms with Gasteiger partial charge in [-0.3, -0.25) is 14.4 Å². The number of hydrogen-bond acceptors (Lipinski definition) is 6. The van der Waals surface area contributed by atoms with E-state index in [9.17, 15) is 14.4 Å². The van der Waals surface area contributed by atoms with E-state index in [2.05, 4.69) is 57.2 Å². The maximum atomic E-state index is 12.9. The molecule has 0 fully saturated rings. The number of ether oxygens (including phenoxy) is 3. The van der Waals surface area contributed by atoms with Crippen LogP contribution in [0.5, 0.6) is 0 Å². The number of esters is 3. The Labute approximate surface area is 493 Å². The summed E-state index contributed by atoms with van der Waals surface area (Å²) in [6.45, 7) is 6.67. The van der Waals surface area contributed by atoms with Gasteiger partial charge in [-0.25, -0.2) is 0 Å². The van der Waals surface area contributed by atoms with Gasteiger partial charge < -0.3 is 14.2 Å². The Kier molecular flexibility index (Phi) is 66.1. The SMILES string of the molecule is CCCCCC/C=C\CCCCCCCC(=O)OCC(COC(=O)CCCCCCCCCCCCCCCCCCCCC/C=C\CCCCCCCCCC)OC(=O)CCCCCCCCC/C=C\CCCCCCCC. The number of hydrogen-bond donors (Lipinski definition) is 0. The molecule has 0 aliphatic rings. The van der Waals surface area contributed by atoms with E-state index in [1.807, 2.05) is 0 Å². The van der Waals surface area contributed by atoms with Crippen molar-refractivity contribution in [1.29, 1.82) is 0 Å². The van der Waals surface area contributed by atoms with Gasteiger partial charge in [0.25, 0.3) is 0 Å². The van der Waals surface area contributed by atoms with Crippen LogP contribution in [0.15, 0.2) is 36.5 Å². The average Bonchev–Trinajstić information content (AvgIpc) is 3.45. The van der Waals surface area contributed by atoms with Gasteiger partial charge in [0, 0.05) is 19.3 Å². The second kappa shape index (κ2) is 68.1. The summed E-state index contributed by atoms with van der Waals surface area (Å²) in [5.41, 5.74) is 0. The molecule has 0 radical (unpaired) electrons. The molecular formula is C73H136O6. The summed E-state index contributed by atoms with van der Waals surface area (Å²) in [5.74, 6) is -0.860. The van der Waals surface area contributed by atoms with E-state index in [4.69, 9.17) is 14.2 Å². The fraction of sp³-hybridized carbons (Fsp3) is 0.877. The molecule has 0 saturated heterocycles. The molecule has 0 aromatic rings. The zero-order valence-electron chi connectivity index (χ0n) is 53.4. The topological polar surface area (TPSA) is 78.9 Å². The van der Waals surface area contributed by atoms with Gasteiger partial charge >= 0.3 is 17.9 Å². The van der Waals surface area contributed by atoms with Gasteiger partial charge in [0.05, 0.1) is 0 Å². The predicted molar refractivity (Wildman–Crippen MR) is 344 cm³/mol. The summed E-state index contributed by atoms with van der Waals surface area (Å²) in [7, 11) is 0. The molecule has 6 heteroatoms. The summed E-state index contributed by atoms with van der Waals surface area (Å²) >= 11 is 0.